The number of carboxylic acid groups (broad SMARTS) is 1. The van der Waals surface area contributed by atoms with E-state index in [0.29, 0.717) is 0 Å². The fourth-order valence-corrected chi connectivity index (χ4v) is 1.46. The molecule has 1 aromatic carbocycles. The van der Waals surface area contributed by atoms with Gasteiger partial charge in [0.25, 0.3) is 0 Å². The van der Waals surface area contributed by atoms with Gasteiger partial charge < -0.3 is 10.2 Å². The standard InChI is InChI=1S/C11H10N2O3/c1-7-4-9(14)2-3-10(7)13-6-8(5-12-13)11(15)16/h2-6,14H,1H3,(H,15,16). The van der Waals surface area contributed by atoms with Crippen molar-refractivity contribution in [2.45, 2.75) is 6.92 Å². The summed E-state index contributed by atoms with van der Waals surface area (Å²) in [6, 6.07) is 4.81. The molecule has 0 fully saturated rings. The lowest BCUT2D eigenvalue weighted by Crippen LogP contribution is -1.97. The molecular formula is C11H10N2O3. The number of aromatic carboxylic acids is 1. The van der Waals surface area contributed by atoms with E-state index in [-0.39, 0.29) is 11.3 Å². The van der Waals surface area contributed by atoms with Crippen LogP contribution in [0.1, 0.15) is 15.9 Å². The van der Waals surface area contributed by atoms with Gasteiger partial charge in [0.2, 0.25) is 0 Å². The molecule has 5 heteroatoms. The van der Waals surface area contributed by atoms with E-state index in [0.717, 1.165) is 11.3 Å². The Morgan fingerprint density at radius 2 is 2.19 bits per heavy atom. The minimum atomic E-state index is -1.01. The van der Waals surface area contributed by atoms with Crippen molar-refractivity contribution < 1.29 is 15.0 Å². The van der Waals surface area contributed by atoms with Crippen LogP contribution in [0.5, 0.6) is 5.75 Å². The zero-order valence-corrected chi connectivity index (χ0v) is 8.58. The average molecular weight is 218 g/mol. The van der Waals surface area contributed by atoms with Crippen molar-refractivity contribution in [3.63, 3.8) is 0 Å². The summed E-state index contributed by atoms with van der Waals surface area (Å²) < 4.78 is 1.47. The molecule has 0 unspecified atom stereocenters. The van der Waals surface area contributed by atoms with Crippen molar-refractivity contribution >= 4 is 5.97 Å². The molecule has 1 aromatic heterocycles. The predicted octanol–water partition coefficient (Wildman–Crippen LogP) is 1.58. The molecule has 0 spiro atoms. The number of aromatic hydroxyl groups is 1. The quantitative estimate of drug-likeness (QED) is 0.802. The number of aromatic nitrogens is 2. The van der Waals surface area contributed by atoms with E-state index in [1.807, 2.05) is 6.92 Å². The lowest BCUT2D eigenvalue weighted by molar-refractivity contribution is 0.0697. The molecular weight excluding hydrogens is 208 g/mol. The monoisotopic (exact) mass is 218 g/mol. The molecule has 0 aliphatic heterocycles. The highest BCUT2D eigenvalue weighted by Crippen LogP contribution is 2.19. The highest BCUT2D eigenvalue weighted by atomic mass is 16.4. The Balaban J connectivity index is 2.46. The van der Waals surface area contributed by atoms with Gasteiger partial charge in [-0.25, -0.2) is 9.48 Å². The van der Waals surface area contributed by atoms with Crippen molar-refractivity contribution in [1.29, 1.82) is 0 Å². The highest BCUT2D eigenvalue weighted by molar-refractivity contribution is 5.87. The van der Waals surface area contributed by atoms with E-state index < -0.39 is 5.97 Å². The lowest BCUT2D eigenvalue weighted by atomic mass is 10.2. The number of phenolic OH excluding ortho intramolecular Hbond substituents is 1. The second-order valence-electron chi connectivity index (χ2n) is 3.45. The Morgan fingerprint density at radius 1 is 1.44 bits per heavy atom. The Labute approximate surface area is 91.6 Å². The maximum Gasteiger partial charge on any atom is 0.338 e. The van der Waals surface area contributed by atoms with Crippen LogP contribution < -0.4 is 0 Å². The van der Waals surface area contributed by atoms with Crippen molar-refractivity contribution in [2.75, 3.05) is 0 Å². The number of rotatable bonds is 2. The number of phenols is 1. The zero-order chi connectivity index (χ0) is 11.7. The Hall–Kier alpha value is -2.30. The summed E-state index contributed by atoms with van der Waals surface area (Å²) in [5.41, 5.74) is 1.69. The normalized spacial score (nSPS) is 10.3. The van der Waals surface area contributed by atoms with Crippen LogP contribution in [0.25, 0.3) is 5.69 Å². The molecule has 2 rings (SSSR count). The molecule has 0 saturated heterocycles. The van der Waals surface area contributed by atoms with Crippen LogP contribution in [0, 0.1) is 6.92 Å². The van der Waals surface area contributed by atoms with Crippen LogP contribution in [-0.2, 0) is 0 Å². The lowest BCUT2D eigenvalue weighted by Gasteiger charge is -2.05. The third-order valence-corrected chi connectivity index (χ3v) is 2.26. The number of aryl methyl sites for hydroxylation is 1. The van der Waals surface area contributed by atoms with Crippen LogP contribution in [0.2, 0.25) is 0 Å². The van der Waals surface area contributed by atoms with Crippen LogP contribution in [0.15, 0.2) is 30.6 Å². The second-order valence-corrected chi connectivity index (χ2v) is 3.45. The van der Waals surface area contributed by atoms with Gasteiger partial charge in [0.1, 0.15) is 5.75 Å². The molecule has 0 bridgehead atoms. The molecule has 0 atom stereocenters. The summed E-state index contributed by atoms with van der Waals surface area (Å²) in [5, 5.41) is 22.0. The Kier molecular flexibility index (Phi) is 2.36. The van der Waals surface area contributed by atoms with Gasteiger partial charge in [0.05, 0.1) is 17.4 Å². The van der Waals surface area contributed by atoms with Crippen LogP contribution in [-0.4, -0.2) is 26.0 Å². The van der Waals surface area contributed by atoms with Gasteiger partial charge >= 0.3 is 5.97 Å². The van der Waals surface area contributed by atoms with E-state index in [1.165, 1.54) is 23.1 Å². The van der Waals surface area contributed by atoms with Crippen molar-refractivity contribution in [1.82, 2.24) is 9.78 Å². The Morgan fingerprint density at radius 3 is 2.75 bits per heavy atom. The first-order valence-corrected chi connectivity index (χ1v) is 4.66. The molecule has 0 amide bonds. The van der Waals surface area contributed by atoms with Crippen LogP contribution >= 0.6 is 0 Å². The molecule has 1 heterocycles. The SMILES string of the molecule is Cc1cc(O)ccc1-n1cc(C(=O)O)cn1. The molecule has 0 radical (unpaired) electrons. The summed E-state index contributed by atoms with van der Waals surface area (Å²) >= 11 is 0. The summed E-state index contributed by atoms with van der Waals surface area (Å²) in [5.74, 6) is -0.838. The maximum atomic E-state index is 10.7. The molecule has 2 N–H and O–H groups in total. The molecule has 16 heavy (non-hydrogen) atoms. The average Bonchev–Trinajstić information content (AvgIpc) is 2.66. The van der Waals surface area contributed by atoms with Gasteiger partial charge in [0.15, 0.2) is 0 Å². The summed E-state index contributed by atoms with van der Waals surface area (Å²) in [6.07, 6.45) is 2.72. The van der Waals surface area contributed by atoms with Crippen molar-refractivity contribution in [3.8, 4) is 11.4 Å². The molecule has 82 valence electrons. The molecule has 5 nitrogen and oxygen atoms in total. The summed E-state index contributed by atoms with van der Waals surface area (Å²) in [6.45, 7) is 1.82. The van der Waals surface area contributed by atoms with E-state index in [1.54, 1.807) is 12.1 Å². The second kappa shape index (κ2) is 3.69. The van der Waals surface area contributed by atoms with E-state index >= 15 is 0 Å². The van der Waals surface area contributed by atoms with Gasteiger partial charge in [-0.15, -0.1) is 0 Å². The van der Waals surface area contributed by atoms with Gasteiger partial charge in [-0.1, -0.05) is 0 Å². The molecule has 2 aromatic rings. The van der Waals surface area contributed by atoms with Crippen LogP contribution in [0.4, 0.5) is 0 Å². The van der Waals surface area contributed by atoms with Crippen molar-refractivity contribution in [2.24, 2.45) is 0 Å². The third kappa shape index (κ3) is 1.75. The molecule has 0 aliphatic carbocycles. The Bertz CT molecular complexity index is 546. The van der Waals surface area contributed by atoms with Gasteiger partial charge in [-0.05, 0) is 30.7 Å². The first-order valence-electron chi connectivity index (χ1n) is 4.66. The molecule has 0 saturated carbocycles. The first kappa shape index (κ1) is 10.2. The predicted molar refractivity (Wildman–Crippen MR) is 56.9 cm³/mol. The van der Waals surface area contributed by atoms with Crippen molar-refractivity contribution in [3.05, 3.63) is 41.7 Å². The summed E-state index contributed by atoms with van der Waals surface area (Å²) in [7, 11) is 0. The number of hydrogen-bond donors (Lipinski definition) is 2. The minimum Gasteiger partial charge on any atom is -0.508 e. The third-order valence-electron chi connectivity index (χ3n) is 2.26. The maximum absolute atomic E-state index is 10.7. The topological polar surface area (TPSA) is 75.4 Å². The number of carbonyl (C=O) groups is 1. The fraction of sp³-hybridized carbons (Fsp3) is 0.0909. The fourth-order valence-electron chi connectivity index (χ4n) is 1.46. The smallest absolute Gasteiger partial charge is 0.338 e. The van der Waals surface area contributed by atoms with Gasteiger partial charge in [0, 0.05) is 6.20 Å². The zero-order valence-electron chi connectivity index (χ0n) is 8.58. The van der Waals surface area contributed by atoms with Crippen LogP contribution in [0.3, 0.4) is 0 Å². The number of benzene rings is 1. The van der Waals surface area contributed by atoms with Gasteiger partial charge in [-0.3, -0.25) is 0 Å². The van der Waals surface area contributed by atoms with E-state index in [9.17, 15) is 9.90 Å². The number of hydrogen-bond acceptors (Lipinski definition) is 3. The highest BCUT2D eigenvalue weighted by Gasteiger charge is 2.08. The number of nitrogens with zero attached hydrogens (tertiary/aromatic N) is 2. The van der Waals surface area contributed by atoms with Gasteiger partial charge in [-0.2, -0.15) is 5.10 Å². The first-order chi connectivity index (χ1) is 7.58. The van der Waals surface area contributed by atoms with E-state index in [2.05, 4.69) is 5.10 Å². The minimum absolute atomic E-state index is 0.132. The molecule has 0 aliphatic rings. The summed E-state index contributed by atoms with van der Waals surface area (Å²) in [4.78, 5) is 10.7. The van der Waals surface area contributed by atoms with E-state index in [4.69, 9.17) is 5.11 Å². The number of carboxylic acids is 1. The largest absolute Gasteiger partial charge is 0.508 e.